The number of halogens is 3. The summed E-state index contributed by atoms with van der Waals surface area (Å²) in [6.07, 6.45) is -0.714. The third-order valence-electron chi connectivity index (χ3n) is 5.36. The van der Waals surface area contributed by atoms with Gasteiger partial charge in [0.1, 0.15) is 6.10 Å². The summed E-state index contributed by atoms with van der Waals surface area (Å²) in [7, 11) is 0. The highest BCUT2D eigenvalue weighted by Crippen LogP contribution is 2.37. The molecule has 2 aliphatic heterocycles. The third-order valence-corrected chi connectivity index (χ3v) is 6.37. The Hall–Kier alpha value is -2.66. The molecule has 2 aromatic rings. The summed E-state index contributed by atoms with van der Waals surface area (Å²) in [5.74, 6) is -1.96. The van der Waals surface area contributed by atoms with Crippen molar-refractivity contribution in [3.8, 4) is 5.88 Å². The van der Waals surface area contributed by atoms with Gasteiger partial charge in [-0.3, -0.25) is 4.79 Å². The number of nitrogens with zero attached hydrogens (tertiary/aromatic N) is 2. The molecule has 1 spiro atoms. The van der Waals surface area contributed by atoms with Crippen LogP contribution in [0.1, 0.15) is 34.5 Å². The number of aryl methyl sites for hydroxylation is 1. The molecule has 0 bridgehead atoms. The Balaban J connectivity index is 0.000000360. The normalized spacial score (nSPS) is 19.9. The zero-order chi connectivity index (χ0) is 23.4. The van der Waals surface area contributed by atoms with Crippen LogP contribution in [0.25, 0.3) is 0 Å². The van der Waals surface area contributed by atoms with E-state index in [2.05, 4.69) is 4.98 Å². The van der Waals surface area contributed by atoms with Gasteiger partial charge in [0.25, 0.3) is 5.91 Å². The van der Waals surface area contributed by atoms with Gasteiger partial charge in [0.05, 0.1) is 17.1 Å². The highest BCUT2D eigenvalue weighted by atomic mass is 32.1. The van der Waals surface area contributed by atoms with Crippen molar-refractivity contribution in [1.82, 2.24) is 9.88 Å². The Bertz CT molecular complexity index is 927. The van der Waals surface area contributed by atoms with E-state index in [1.54, 1.807) is 6.20 Å². The van der Waals surface area contributed by atoms with Crippen LogP contribution in [0.15, 0.2) is 35.8 Å². The molecule has 1 N–H and O–H groups in total. The molecule has 4 heterocycles. The molecule has 0 radical (unpaired) electrons. The highest BCUT2D eigenvalue weighted by Gasteiger charge is 2.44. The van der Waals surface area contributed by atoms with Crippen molar-refractivity contribution in [2.75, 3.05) is 19.7 Å². The van der Waals surface area contributed by atoms with Gasteiger partial charge in [0.2, 0.25) is 5.88 Å². The first kappa shape index (κ1) is 24.0. The Morgan fingerprint density at radius 2 is 1.97 bits per heavy atom. The standard InChI is InChI=1S/C19H22N2O3S.C2HF3O2/c1-14-5-11-25-17(14)18(22)21-9-6-19(7-10-21)12-15(13-23-19)24-16-4-2-3-8-20-16;3-2(4,5)1(6)7/h2-5,8,11,15H,6-7,9-10,12-13H2,1H3;(H,6,7). The number of hydrogen-bond acceptors (Lipinski definition) is 6. The van der Waals surface area contributed by atoms with Crippen LogP contribution >= 0.6 is 11.3 Å². The molecule has 2 aromatic heterocycles. The SMILES string of the molecule is Cc1ccsc1C(=O)N1CCC2(CC1)CC(Oc1ccccn1)CO2.O=C(O)C(F)(F)F. The highest BCUT2D eigenvalue weighted by molar-refractivity contribution is 7.12. The van der Waals surface area contributed by atoms with E-state index in [1.165, 1.54) is 11.3 Å². The van der Waals surface area contributed by atoms with E-state index in [4.69, 9.17) is 19.4 Å². The molecular weight excluding hydrogens is 449 g/mol. The van der Waals surface area contributed by atoms with Crippen molar-refractivity contribution in [3.05, 3.63) is 46.3 Å². The first-order valence-electron chi connectivity index (χ1n) is 9.95. The van der Waals surface area contributed by atoms with Crippen LogP contribution in [0.3, 0.4) is 0 Å². The molecule has 2 aliphatic rings. The van der Waals surface area contributed by atoms with Crippen LogP contribution in [-0.4, -0.2) is 64.4 Å². The van der Waals surface area contributed by atoms with Gasteiger partial charge in [0, 0.05) is 31.8 Å². The molecular formula is C21H23F3N2O5S. The maximum atomic E-state index is 12.7. The Morgan fingerprint density at radius 1 is 1.28 bits per heavy atom. The molecule has 1 atom stereocenters. The van der Waals surface area contributed by atoms with Gasteiger partial charge in [0.15, 0.2) is 0 Å². The zero-order valence-corrected chi connectivity index (χ0v) is 18.1. The minimum atomic E-state index is -5.08. The van der Waals surface area contributed by atoms with Crippen molar-refractivity contribution in [3.63, 3.8) is 0 Å². The number of aromatic nitrogens is 1. The fraction of sp³-hybridized carbons (Fsp3) is 0.476. The minimum absolute atomic E-state index is 0.0386. The zero-order valence-electron chi connectivity index (χ0n) is 17.3. The lowest BCUT2D eigenvalue weighted by Gasteiger charge is -2.38. The van der Waals surface area contributed by atoms with Crippen molar-refractivity contribution >= 4 is 23.2 Å². The van der Waals surface area contributed by atoms with Gasteiger partial charge >= 0.3 is 12.1 Å². The van der Waals surface area contributed by atoms with Gasteiger partial charge in [-0.15, -0.1) is 11.3 Å². The second-order valence-electron chi connectivity index (χ2n) is 7.63. The third kappa shape index (κ3) is 5.98. The number of carbonyl (C=O) groups is 2. The van der Waals surface area contributed by atoms with Gasteiger partial charge in [-0.2, -0.15) is 13.2 Å². The molecule has 1 unspecified atom stereocenters. The van der Waals surface area contributed by atoms with Gasteiger partial charge in [-0.25, -0.2) is 9.78 Å². The van der Waals surface area contributed by atoms with E-state index < -0.39 is 12.1 Å². The van der Waals surface area contributed by atoms with E-state index >= 15 is 0 Å². The number of piperidine rings is 1. The first-order valence-corrected chi connectivity index (χ1v) is 10.8. The molecule has 7 nitrogen and oxygen atoms in total. The van der Waals surface area contributed by atoms with Crippen molar-refractivity contribution < 1.29 is 37.3 Å². The fourth-order valence-electron chi connectivity index (χ4n) is 3.67. The van der Waals surface area contributed by atoms with E-state index in [9.17, 15) is 18.0 Å². The summed E-state index contributed by atoms with van der Waals surface area (Å²) in [5, 5.41) is 9.10. The second-order valence-corrected chi connectivity index (χ2v) is 8.55. The van der Waals surface area contributed by atoms with Crippen LogP contribution in [0.5, 0.6) is 5.88 Å². The minimum Gasteiger partial charge on any atom is -0.475 e. The van der Waals surface area contributed by atoms with Crippen molar-refractivity contribution in [1.29, 1.82) is 0 Å². The largest absolute Gasteiger partial charge is 0.490 e. The number of alkyl halides is 3. The fourth-order valence-corrected chi connectivity index (χ4v) is 4.56. The summed E-state index contributed by atoms with van der Waals surface area (Å²) in [5.41, 5.74) is 0.914. The number of carbonyl (C=O) groups excluding carboxylic acids is 1. The molecule has 0 aromatic carbocycles. The van der Waals surface area contributed by atoms with Crippen LogP contribution in [-0.2, 0) is 9.53 Å². The van der Waals surface area contributed by atoms with Gasteiger partial charge < -0.3 is 19.5 Å². The number of hydrogen-bond donors (Lipinski definition) is 1. The number of amides is 1. The predicted molar refractivity (Wildman–Crippen MR) is 110 cm³/mol. The number of ether oxygens (including phenoxy) is 2. The average Bonchev–Trinajstić information content (AvgIpc) is 3.35. The molecule has 4 rings (SSSR count). The summed E-state index contributed by atoms with van der Waals surface area (Å²) < 4.78 is 43.8. The number of carboxylic acid groups (broad SMARTS) is 1. The number of carboxylic acids is 1. The number of likely N-dealkylation sites (tertiary alicyclic amines) is 1. The van der Waals surface area contributed by atoms with Crippen LogP contribution in [0.4, 0.5) is 13.2 Å². The second kappa shape index (κ2) is 9.86. The van der Waals surface area contributed by atoms with E-state index in [-0.39, 0.29) is 17.6 Å². The summed E-state index contributed by atoms with van der Waals surface area (Å²) >= 11 is 1.53. The van der Waals surface area contributed by atoms with Crippen molar-refractivity contribution in [2.45, 2.75) is 44.1 Å². The first-order chi connectivity index (χ1) is 15.1. The van der Waals surface area contributed by atoms with Crippen LogP contribution < -0.4 is 4.74 Å². The molecule has 1 amide bonds. The summed E-state index contributed by atoms with van der Waals surface area (Å²) in [6, 6.07) is 7.67. The molecule has 0 aliphatic carbocycles. The monoisotopic (exact) mass is 472 g/mol. The molecule has 2 saturated heterocycles. The van der Waals surface area contributed by atoms with Gasteiger partial charge in [-0.05, 0) is 42.8 Å². The van der Waals surface area contributed by atoms with Crippen LogP contribution in [0.2, 0.25) is 0 Å². The molecule has 11 heteroatoms. The Labute approximate surface area is 186 Å². The number of aliphatic carboxylic acids is 1. The lowest BCUT2D eigenvalue weighted by Crippen LogP contribution is -2.46. The van der Waals surface area contributed by atoms with Gasteiger partial charge in [-0.1, -0.05) is 6.07 Å². The number of rotatable bonds is 3. The Kier molecular flexibility index (Phi) is 7.40. The van der Waals surface area contributed by atoms with Crippen molar-refractivity contribution in [2.24, 2.45) is 0 Å². The number of pyridine rings is 1. The maximum Gasteiger partial charge on any atom is 0.490 e. The molecule has 2 fully saturated rings. The molecule has 32 heavy (non-hydrogen) atoms. The Morgan fingerprint density at radius 3 is 2.50 bits per heavy atom. The number of thiophene rings is 1. The molecule has 0 saturated carbocycles. The summed E-state index contributed by atoms with van der Waals surface area (Å²) in [4.78, 5) is 28.6. The molecule has 174 valence electrons. The quantitative estimate of drug-likeness (QED) is 0.728. The van der Waals surface area contributed by atoms with Crippen LogP contribution in [0, 0.1) is 6.92 Å². The lowest BCUT2D eigenvalue weighted by molar-refractivity contribution is -0.192. The van der Waals surface area contributed by atoms with E-state index in [0.29, 0.717) is 12.5 Å². The smallest absolute Gasteiger partial charge is 0.475 e. The average molecular weight is 472 g/mol. The maximum absolute atomic E-state index is 12.7. The topological polar surface area (TPSA) is 89.0 Å². The van der Waals surface area contributed by atoms with E-state index in [0.717, 1.165) is 42.8 Å². The summed E-state index contributed by atoms with van der Waals surface area (Å²) in [6.45, 7) is 4.07. The lowest BCUT2D eigenvalue weighted by atomic mass is 9.88. The predicted octanol–water partition coefficient (Wildman–Crippen LogP) is 3.93. The van der Waals surface area contributed by atoms with E-state index in [1.807, 2.05) is 41.5 Å².